The van der Waals surface area contributed by atoms with Crippen LogP contribution in [0, 0.1) is 0 Å². The maximum Gasteiger partial charge on any atom is 0.326 e. The van der Waals surface area contributed by atoms with Crippen molar-refractivity contribution < 1.29 is 27.9 Å². The van der Waals surface area contributed by atoms with Gasteiger partial charge in [-0.15, -0.1) is 0 Å². The lowest BCUT2D eigenvalue weighted by Crippen LogP contribution is -2.48. The largest absolute Gasteiger partial charge is 0.480 e. The van der Waals surface area contributed by atoms with E-state index in [0.29, 0.717) is 19.4 Å². The molecule has 9 heteroatoms. The van der Waals surface area contributed by atoms with Crippen molar-refractivity contribution >= 4 is 21.9 Å². The van der Waals surface area contributed by atoms with E-state index in [1.165, 1.54) is 33.5 Å². The van der Waals surface area contributed by atoms with Crippen LogP contribution in [-0.4, -0.2) is 72.5 Å². The molecule has 2 unspecified atom stereocenters. The van der Waals surface area contributed by atoms with E-state index in [1.54, 1.807) is 0 Å². The number of likely N-dealkylation sites (tertiary alicyclic amines) is 1. The van der Waals surface area contributed by atoms with E-state index >= 15 is 0 Å². The molecule has 1 aromatic carbocycles. The SMILES string of the molecule is CC1CN(S(=O)(=O)c2ccc(C(=O)N3CCC[C@H]3C(=O)O)cc2)CC(C)O1. The first-order chi connectivity index (χ1) is 12.7. The number of morpholine rings is 1. The van der Waals surface area contributed by atoms with Crippen LogP contribution in [0.2, 0.25) is 0 Å². The molecule has 0 bridgehead atoms. The van der Waals surface area contributed by atoms with Gasteiger partial charge in [0.1, 0.15) is 6.04 Å². The highest BCUT2D eigenvalue weighted by Gasteiger charge is 2.35. The van der Waals surface area contributed by atoms with Crippen LogP contribution in [0.4, 0.5) is 0 Å². The van der Waals surface area contributed by atoms with Gasteiger partial charge in [-0.2, -0.15) is 4.31 Å². The van der Waals surface area contributed by atoms with Gasteiger partial charge in [0.2, 0.25) is 10.0 Å². The van der Waals surface area contributed by atoms with Gasteiger partial charge in [0.25, 0.3) is 5.91 Å². The van der Waals surface area contributed by atoms with Gasteiger partial charge in [0, 0.05) is 25.2 Å². The number of aliphatic carboxylic acids is 1. The average Bonchev–Trinajstić information content (AvgIpc) is 3.10. The van der Waals surface area contributed by atoms with Crippen LogP contribution in [0.1, 0.15) is 37.0 Å². The number of carboxylic acid groups (broad SMARTS) is 1. The maximum atomic E-state index is 12.9. The molecule has 2 aliphatic heterocycles. The number of benzene rings is 1. The first kappa shape index (κ1) is 19.8. The van der Waals surface area contributed by atoms with Crippen LogP contribution in [0.5, 0.6) is 0 Å². The minimum Gasteiger partial charge on any atom is -0.480 e. The number of amides is 1. The van der Waals surface area contributed by atoms with E-state index in [4.69, 9.17) is 4.74 Å². The molecule has 3 rings (SSSR count). The van der Waals surface area contributed by atoms with E-state index in [2.05, 4.69) is 0 Å². The van der Waals surface area contributed by atoms with Crippen LogP contribution in [0.15, 0.2) is 29.2 Å². The predicted octanol–water partition coefficient (Wildman–Crippen LogP) is 1.17. The number of rotatable bonds is 4. The van der Waals surface area contributed by atoms with Crippen molar-refractivity contribution in [3.05, 3.63) is 29.8 Å². The summed E-state index contributed by atoms with van der Waals surface area (Å²) in [5.74, 6) is -1.41. The van der Waals surface area contributed by atoms with Gasteiger partial charge in [-0.1, -0.05) is 0 Å². The summed E-state index contributed by atoms with van der Waals surface area (Å²) in [6.45, 7) is 4.60. The topological polar surface area (TPSA) is 104 Å². The zero-order chi connectivity index (χ0) is 19.8. The standard InChI is InChI=1S/C18H24N2O6S/c1-12-10-19(11-13(2)26-12)27(24,25)15-7-5-14(6-8-15)17(21)20-9-3-4-16(20)18(22)23/h5-8,12-13,16H,3-4,9-11H2,1-2H3,(H,22,23)/t12?,13?,16-/m0/s1. The molecule has 27 heavy (non-hydrogen) atoms. The Hall–Kier alpha value is -1.97. The monoisotopic (exact) mass is 396 g/mol. The fraction of sp³-hybridized carbons (Fsp3) is 0.556. The molecule has 0 aliphatic carbocycles. The van der Waals surface area contributed by atoms with Gasteiger partial charge in [0.05, 0.1) is 17.1 Å². The highest BCUT2D eigenvalue weighted by atomic mass is 32.2. The second-order valence-electron chi connectivity index (χ2n) is 7.10. The summed E-state index contributed by atoms with van der Waals surface area (Å²) in [5.41, 5.74) is 0.283. The quantitative estimate of drug-likeness (QED) is 0.819. The van der Waals surface area contributed by atoms with E-state index < -0.39 is 27.9 Å². The Morgan fingerprint density at radius 3 is 2.26 bits per heavy atom. The van der Waals surface area contributed by atoms with Crippen molar-refractivity contribution in [2.75, 3.05) is 19.6 Å². The van der Waals surface area contributed by atoms with E-state index in [1.807, 2.05) is 13.8 Å². The minimum atomic E-state index is -3.68. The van der Waals surface area contributed by atoms with Crippen molar-refractivity contribution in [1.29, 1.82) is 0 Å². The Morgan fingerprint density at radius 2 is 1.70 bits per heavy atom. The van der Waals surface area contributed by atoms with E-state index in [0.717, 1.165) is 0 Å². The molecule has 0 aromatic heterocycles. The van der Waals surface area contributed by atoms with Gasteiger partial charge in [-0.05, 0) is 51.0 Å². The van der Waals surface area contributed by atoms with Gasteiger partial charge >= 0.3 is 5.97 Å². The number of hydrogen-bond acceptors (Lipinski definition) is 5. The lowest BCUT2D eigenvalue weighted by Gasteiger charge is -2.34. The van der Waals surface area contributed by atoms with Crippen LogP contribution in [0.3, 0.4) is 0 Å². The molecule has 1 amide bonds. The second-order valence-corrected chi connectivity index (χ2v) is 9.04. The molecule has 0 spiro atoms. The maximum absolute atomic E-state index is 12.9. The molecule has 2 saturated heterocycles. The summed E-state index contributed by atoms with van der Waals surface area (Å²) in [6, 6.07) is 4.87. The van der Waals surface area contributed by atoms with Crippen molar-refractivity contribution in [2.45, 2.75) is 49.8 Å². The number of ether oxygens (including phenoxy) is 1. The Morgan fingerprint density at radius 1 is 1.11 bits per heavy atom. The van der Waals surface area contributed by atoms with E-state index in [-0.39, 0.29) is 35.8 Å². The molecule has 2 heterocycles. The van der Waals surface area contributed by atoms with Crippen LogP contribution in [-0.2, 0) is 19.6 Å². The number of carboxylic acids is 1. The third-order valence-electron chi connectivity index (χ3n) is 4.92. The number of hydrogen-bond donors (Lipinski definition) is 1. The highest BCUT2D eigenvalue weighted by molar-refractivity contribution is 7.89. The second kappa shape index (κ2) is 7.57. The van der Waals surface area contributed by atoms with Gasteiger partial charge < -0.3 is 14.7 Å². The number of nitrogens with zero attached hydrogens (tertiary/aromatic N) is 2. The molecule has 2 aliphatic rings. The molecule has 148 valence electrons. The Bertz CT molecular complexity index is 813. The third kappa shape index (κ3) is 3.99. The number of carbonyl (C=O) groups is 2. The predicted molar refractivity (Wildman–Crippen MR) is 96.9 cm³/mol. The van der Waals surface area contributed by atoms with Crippen molar-refractivity contribution in [1.82, 2.24) is 9.21 Å². The zero-order valence-electron chi connectivity index (χ0n) is 15.4. The summed E-state index contributed by atoms with van der Waals surface area (Å²) in [5, 5.41) is 9.23. The highest BCUT2D eigenvalue weighted by Crippen LogP contribution is 2.24. The molecule has 3 atom stereocenters. The van der Waals surface area contributed by atoms with E-state index in [9.17, 15) is 23.1 Å². The minimum absolute atomic E-state index is 0.108. The molecule has 1 aromatic rings. The zero-order valence-corrected chi connectivity index (χ0v) is 16.2. The molecule has 1 N–H and O–H groups in total. The smallest absolute Gasteiger partial charge is 0.326 e. The lowest BCUT2D eigenvalue weighted by molar-refractivity contribution is -0.141. The molecular formula is C18H24N2O6S. The average molecular weight is 396 g/mol. The first-order valence-electron chi connectivity index (χ1n) is 8.99. The lowest BCUT2D eigenvalue weighted by atomic mass is 10.1. The van der Waals surface area contributed by atoms with Gasteiger partial charge in [-0.3, -0.25) is 4.79 Å². The van der Waals surface area contributed by atoms with Crippen molar-refractivity contribution in [3.8, 4) is 0 Å². The fourth-order valence-electron chi connectivity index (χ4n) is 3.68. The van der Waals surface area contributed by atoms with Crippen molar-refractivity contribution in [2.24, 2.45) is 0 Å². The summed E-state index contributed by atoms with van der Waals surface area (Å²) < 4.78 is 32.7. The molecular weight excluding hydrogens is 372 g/mol. The molecule has 8 nitrogen and oxygen atoms in total. The normalized spacial score (nSPS) is 26.9. The summed E-state index contributed by atoms with van der Waals surface area (Å²) >= 11 is 0. The van der Waals surface area contributed by atoms with Crippen molar-refractivity contribution in [3.63, 3.8) is 0 Å². The molecule has 0 saturated carbocycles. The summed E-state index contributed by atoms with van der Waals surface area (Å²) in [4.78, 5) is 25.3. The fourth-order valence-corrected chi connectivity index (χ4v) is 5.27. The first-order valence-corrected chi connectivity index (χ1v) is 10.4. The number of carbonyl (C=O) groups excluding carboxylic acids is 1. The van der Waals surface area contributed by atoms with Crippen LogP contribution >= 0.6 is 0 Å². The van der Waals surface area contributed by atoms with Gasteiger partial charge in [0.15, 0.2) is 0 Å². The Kier molecular flexibility index (Phi) is 5.55. The Balaban J connectivity index is 1.78. The van der Waals surface area contributed by atoms with Crippen LogP contribution in [0.25, 0.3) is 0 Å². The summed E-state index contributed by atoms with van der Waals surface area (Å²) in [6.07, 6.45) is 0.698. The van der Waals surface area contributed by atoms with Crippen LogP contribution < -0.4 is 0 Å². The third-order valence-corrected chi connectivity index (χ3v) is 6.77. The van der Waals surface area contributed by atoms with Gasteiger partial charge in [-0.25, -0.2) is 13.2 Å². The summed E-state index contributed by atoms with van der Waals surface area (Å²) in [7, 11) is -3.68. The molecule has 0 radical (unpaired) electrons. The number of sulfonamides is 1. The Labute approximate surface area is 158 Å². The molecule has 2 fully saturated rings.